The third-order valence-corrected chi connectivity index (χ3v) is 3.26. The molecule has 0 aliphatic carbocycles. The number of esters is 1. The first-order valence-electron chi connectivity index (χ1n) is 5.46. The maximum Gasteiger partial charge on any atom is 0.349 e. The van der Waals surface area contributed by atoms with Crippen molar-refractivity contribution < 1.29 is 14.3 Å². The van der Waals surface area contributed by atoms with Crippen molar-refractivity contribution in [2.45, 2.75) is 0 Å². The average Bonchev–Trinajstić information content (AvgIpc) is 2.41. The molecule has 0 heterocycles. The van der Waals surface area contributed by atoms with Gasteiger partial charge in [-0.15, -0.1) is 0 Å². The van der Waals surface area contributed by atoms with Crippen molar-refractivity contribution in [2.75, 3.05) is 13.7 Å². The molecule has 0 fully saturated rings. The second-order valence-corrected chi connectivity index (χ2v) is 5.34. The fourth-order valence-corrected chi connectivity index (χ4v) is 2.83. The Morgan fingerprint density at radius 1 is 1.50 bits per heavy atom. The zero-order valence-corrected chi connectivity index (χ0v) is 13.8. The molecule has 0 amide bonds. The molecule has 0 radical (unpaired) electrons. The van der Waals surface area contributed by atoms with Crippen LogP contribution in [0.1, 0.15) is 5.56 Å². The summed E-state index contributed by atoms with van der Waals surface area (Å²) in [6.45, 7) is 3.49. The highest BCUT2D eigenvalue weighted by Crippen LogP contribution is 2.34. The van der Waals surface area contributed by atoms with E-state index < -0.39 is 5.97 Å². The first-order chi connectivity index (χ1) is 9.53. The van der Waals surface area contributed by atoms with Gasteiger partial charge in [-0.2, -0.15) is 5.26 Å². The Labute approximate surface area is 133 Å². The van der Waals surface area contributed by atoms with Crippen molar-refractivity contribution in [1.29, 1.82) is 5.26 Å². The highest BCUT2D eigenvalue weighted by molar-refractivity contribution is 9.11. The van der Waals surface area contributed by atoms with Crippen LogP contribution >= 0.6 is 31.9 Å². The smallest absolute Gasteiger partial charge is 0.349 e. The maximum absolute atomic E-state index is 11.7. The first kappa shape index (κ1) is 16.5. The van der Waals surface area contributed by atoms with Crippen LogP contribution in [-0.2, 0) is 9.53 Å². The van der Waals surface area contributed by atoms with Crippen molar-refractivity contribution in [3.63, 3.8) is 0 Å². The second kappa shape index (κ2) is 7.88. The summed E-state index contributed by atoms with van der Waals surface area (Å²) in [5, 5.41) is 9.05. The summed E-state index contributed by atoms with van der Waals surface area (Å²) in [5.41, 5.74) is 0.469. The van der Waals surface area contributed by atoms with Crippen LogP contribution in [0.3, 0.4) is 0 Å². The van der Waals surface area contributed by atoms with Gasteiger partial charge in [-0.05, 0) is 34.1 Å². The van der Waals surface area contributed by atoms with E-state index in [1.54, 1.807) is 12.1 Å². The molecule has 0 spiro atoms. The number of nitriles is 1. The number of methoxy groups -OCH3 is 1. The van der Waals surface area contributed by atoms with Crippen molar-refractivity contribution in [3.8, 4) is 11.8 Å². The van der Waals surface area contributed by atoms with Gasteiger partial charge in [0.1, 0.15) is 24.0 Å². The minimum absolute atomic E-state index is 0.0527. The van der Waals surface area contributed by atoms with Gasteiger partial charge >= 0.3 is 5.97 Å². The van der Waals surface area contributed by atoms with Crippen molar-refractivity contribution in [1.82, 2.24) is 0 Å². The zero-order chi connectivity index (χ0) is 15.1. The van der Waals surface area contributed by atoms with Gasteiger partial charge < -0.3 is 9.47 Å². The molecule has 104 valence electrons. The van der Waals surface area contributed by atoms with Gasteiger partial charge in [0.15, 0.2) is 0 Å². The van der Waals surface area contributed by atoms with Gasteiger partial charge in [-0.3, -0.25) is 0 Å². The number of ether oxygens (including phenoxy) is 2. The molecule has 0 bridgehead atoms. The molecular formula is C14H11Br2NO3. The molecule has 6 heteroatoms. The van der Waals surface area contributed by atoms with E-state index >= 15 is 0 Å². The summed E-state index contributed by atoms with van der Waals surface area (Å²) in [5.74, 6) is -0.178. The van der Waals surface area contributed by atoms with Gasteiger partial charge in [0.2, 0.25) is 0 Å². The number of benzene rings is 1. The van der Waals surface area contributed by atoms with E-state index in [4.69, 9.17) is 14.7 Å². The minimum atomic E-state index is -0.703. The van der Waals surface area contributed by atoms with Gasteiger partial charge in [0.05, 0.1) is 11.6 Å². The van der Waals surface area contributed by atoms with Gasteiger partial charge in [-0.1, -0.05) is 28.6 Å². The lowest BCUT2D eigenvalue weighted by atomic mass is 10.1. The molecule has 0 atom stereocenters. The standard InChI is InChI=1S/C14H11Br2NO3/c1-3-4-20-14(18)10(8-17)5-9-6-11(15)7-12(16)13(9)19-2/h3,5-7H,1,4H2,2H3/b10-5+. The predicted molar refractivity (Wildman–Crippen MR) is 83.1 cm³/mol. The van der Waals surface area contributed by atoms with Crippen molar-refractivity contribution in [2.24, 2.45) is 0 Å². The Morgan fingerprint density at radius 2 is 2.20 bits per heavy atom. The van der Waals surface area contributed by atoms with Crippen LogP contribution in [0.4, 0.5) is 0 Å². The summed E-state index contributed by atoms with van der Waals surface area (Å²) in [4.78, 5) is 11.7. The monoisotopic (exact) mass is 399 g/mol. The number of carbonyl (C=O) groups excluding carboxylic acids is 1. The quantitative estimate of drug-likeness (QED) is 0.326. The Hall–Kier alpha value is -1.58. The SMILES string of the molecule is C=CCOC(=O)/C(C#N)=C/c1cc(Br)cc(Br)c1OC. The molecular weight excluding hydrogens is 390 g/mol. The number of halogens is 2. The van der Waals surface area contributed by atoms with E-state index in [1.165, 1.54) is 19.3 Å². The summed E-state index contributed by atoms with van der Waals surface area (Å²) in [6.07, 6.45) is 2.85. The molecule has 0 aliphatic rings. The van der Waals surface area contributed by atoms with Crippen LogP contribution in [-0.4, -0.2) is 19.7 Å². The Bertz CT molecular complexity index is 603. The molecule has 0 saturated heterocycles. The van der Waals surface area contributed by atoms with Crippen molar-refractivity contribution >= 4 is 43.9 Å². The Kier molecular flexibility index (Phi) is 6.49. The average molecular weight is 401 g/mol. The summed E-state index contributed by atoms with van der Waals surface area (Å²) >= 11 is 6.69. The van der Waals surface area contributed by atoms with Crippen LogP contribution in [0, 0.1) is 11.3 Å². The van der Waals surface area contributed by atoms with Gasteiger partial charge in [0.25, 0.3) is 0 Å². The second-order valence-electron chi connectivity index (χ2n) is 3.57. The molecule has 1 aromatic rings. The molecule has 0 aromatic heterocycles. The normalized spacial score (nSPS) is 10.6. The molecule has 4 nitrogen and oxygen atoms in total. The number of nitrogens with zero attached hydrogens (tertiary/aromatic N) is 1. The number of hydrogen-bond acceptors (Lipinski definition) is 4. The molecule has 1 aromatic carbocycles. The highest BCUT2D eigenvalue weighted by Gasteiger charge is 2.13. The Balaban J connectivity index is 3.22. The number of carbonyl (C=O) groups is 1. The van der Waals surface area contributed by atoms with E-state index in [1.807, 2.05) is 6.07 Å². The van der Waals surface area contributed by atoms with Gasteiger partial charge in [-0.25, -0.2) is 4.79 Å². The summed E-state index contributed by atoms with van der Waals surface area (Å²) < 4.78 is 11.6. The molecule has 0 unspecified atom stereocenters. The van der Waals surface area contributed by atoms with E-state index in [0.29, 0.717) is 15.8 Å². The lowest BCUT2D eigenvalue weighted by molar-refractivity contribution is -0.137. The van der Waals surface area contributed by atoms with E-state index in [-0.39, 0.29) is 12.2 Å². The van der Waals surface area contributed by atoms with Crippen LogP contribution < -0.4 is 4.74 Å². The zero-order valence-electron chi connectivity index (χ0n) is 10.7. The number of rotatable bonds is 5. The fraction of sp³-hybridized carbons (Fsp3) is 0.143. The molecule has 1 rings (SSSR count). The first-order valence-corrected chi connectivity index (χ1v) is 7.05. The summed E-state index contributed by atoms with van der Waals surface area (Å²) in [6, 6.07) is 5.36. The fourth-order valence-electron chi connectivity index (χ4n) is 1.41. The van der Waals surface area contributed by atoms with Crippen LogP contribution in [0.25, 0.3) is 6.08 Å². The highest BCUT2D eigenvalue weighted by atomic mass is 79.9. The van der Waals surface area contributed by atoms with E-state index in [2.05, 4.69) is 38.4 Å². The van der Waals surface area contributed by atoms with E-state index in [9.17, 15) is 4.79 Å². The van der Waals surface area contributed by atoms with Crippen LogP contribution in [0.2, 0.25) is 0 Å². The molecule has 0 saturated carbocycles. The summed E-state index contributed by atoms with van der Waals surface area (Å²) in [7, 11) is 1.51. The number of hydrogen-bond donors (Lipinski definition) is 0. The van der Waals surface area contributed by atoms with Crippen LogP contribution in [0.5, 0.6) is 5.75 Å². The molecule has 0 N–H and O–H groups in total. The third-order valence-electron chi connectivity index (χ3n) is 2.21. The Morgan fingerprint density at radius 3 is 2.75 bits per heavy atom. The predicted octanol–water partition coefficient (Wildman–Crippen LogP) is 3.86. The molecule has 0 aliphatic heterocycles. The van der Waals surface area contributed by atoms with Gasteiger partial charge in [0, 0.05) is 10.0 Å². The topological polar surface area (TPSA) is 59.3 Å². The third kappa shape index (κ3) is 4.22. The lowest BCUT2D eigenvalue weighted by Crippen LogP contribution is -2.06. The van der Waals surface area contributed by atoms with Crippen LogP contribution in [0.15, 0.2) is 39.3 Å². The lowest BCUT2D eigenvalue weighted by Gasteiger charge is -2.09. The maximum atomic E-state index is 11.7. The molecule has 20 heavy (non-hydrogen) atoms. The van der Waals surface area contributed by atoms with E-state index in [0.717, 1.165) is 4.47 Å². The van der Waals surface area contributed by atoms with Crippen molar-refractivity contribution in [3.05, 3.63) is 44.9 Å². The minimum Gasteiger partial charge on any atom is -0.495 e. The largest absolute Gasteiger partial charge is 0.495 e.